The number of pyridine rings is 1. The molecule has 2 aliphatic heterocycles. The quantitative estimate of drug-likeness (QED) is 0.672. The van der Waals surface area contributed by atoms with Crippen LogP contribution in [-0.2, 0) is 10.2 Å². The van der Waals surface area contributed by atoms with Crippen molar-refractivity contribution < 1.29 is 9.18 Å². The second kappa shape index (κ2) is 5.51. The summed E-state index contributed by atoms with van der Waals surface area (Å²) < 4.78 is 14.3. The summed E-state index contributed by atoms with van der Waals surface area (Å²) in [5, 5.41) is 9.93. The molecule has 142 valence electrons. The van der Waals surface area contributed by atoms with Crippen LogP contribution in [0.5, 0.6) is 0 Å². The second-order valence-corrected chi connectivity index (χ2v) is 9.98. The first-order valence-electron chi connectivity index (χ1n) is 9.63. The molecule has 5 nitrogen and oxygen atoms in total. The summed E-state index contributed by atoms with van der Waals surface area (Å²) >= 11 is 3.20. The van der Waals surface area contributed by atoms with Crippen molar-refractivity contribution in [1.29, 1.82) is 5.26 Å². The Bertz CT molecular complexity index is 889. The lowest BCUT2D eigenvalue weighted by molar-refractivity contribution is -0.123. The molecule has 4 aliphatic rings. The third kappa shape index (κ3) is 2.35. The number of amides is 1. The first-order valence-corrected chi connectivity index (χ1v) is 10.4. The van der Waals surface area contributed by atoms with Gasteiger partial charge in [-0.05, 0) is 67.1 Å². The molecule has 2 saturated carbocycles. The molecular weight excluding hydrogens is 411 g/mol. The molecule has 3 fully saturated rings. The molecule has 2 aliphatic carbocycles. The zero-order valence-corrected chi connectivity index (χ0v) is 17.1. The third-order valence-electron chi connectivity index (χ3n) is 7.14. The molecule has 0 bridgehead atoms. The number of nitriles is 1. The topological polar surface area (TPSA) is 60.2 Å². The average molecular weight is 433 g/mol. The SMILES string of the molecule is CC1(C)C(=O)N(C2CC(C#N)(N3CCC4C[C@@H]4C3)C2)c2cc(Br)c(F)nc21. The monoisotopic (exact) mass is 432 g/mol. The van der Waals surface area contributed by atoms with Gasteiger partial charge < -0.3 is 4.90 Å². The average Bonchev–Trinajstić information content (AvgIpc) is 3.34. The Morgan fingerprint density at radius 2 is 2.11 bits per heavy atom. The summed E-state index contributed by atoms with van der Waals surface area (Å²) in [4.78, 5) is 21.3. The Labute approximate surface area is 166 Å². The molecule has 7 heteroatoms. The van der Waals surface area contributed by atoms with Crippen molar-refractivity contribution in [3.05, 3.63) is 22.2 Å². The molecule has 1 saturated heterocycles. The number of piperidine rings is 1. The van der Waals surface area contributed by atoms with E-state index in [1.807, 2.05) is 0 Å². The molecular formula is C20H22BrFN4O. The van der Waals surface area contributed by atoms with Crippen molar-refractivity contribution in [3.63, 3.8) is 0 Å². The fraction of sp³-hybridized carbons (Fsp3) is 0.650. The number of carbonyl (C=O) groups excluding carboxylic acids is 1. The first kappa shape index (κ1) is 17.6. The van der Waals surface area contributed by atoms with Gasteiger partial charge in [0, 0.05) is 25.4 Å². The Kier molecular flexibility index (Phi) is 3.59. The maximum atomic E-state index is 14.0. The van der Waals surface area contributed by atoms with E-state index < -0.39 is 16.9 Å². The fourth-order valence-electron chi connectivity index (χ4n) is 5.27. The van der Waals surface area contributed by atoms with Crippen molar-refractivity contribution in [2.45, 2.75) is 56.5 Å². The van der Waals surface area contributed by atoms with E-state index in [9.17, 15) is 14.4 Å². The lowest BCUT2D eigenvalue weighted by Crippen LogP contribution is -2.65. The predicted molar refractivity (Wildman–Crippen MR) is 102 cm³/mol. The zero-order valence-electron chi connectivity index (χ0n) is 15.5. The molecule has 5 rings (SSSR count). The van der Waals surface area contributed by atoms with Gasteiger partial charge in [-0.25, -0.2) is 4.98 Å². The van der Waals surface area contributed by atoms with Crippen LogP contribution in [0.4, 0.5) is 10.1 Å². The summed E-state index contributed by atoms with van der Waals surface area (Å²) in [6, 6.07) is 4.19. The summed E-state index contributed by atoms with van der Waals surface area (Å²) in [6.07, 6.45) is 3.79. The minimum absolute atomic E-state index is 0.0336. The van der Waals surface area contributed by atoms with E-state index in [1.165, 1.54) is 12.8 Å². The molecule has 27 heavy (non-hydrogen) atoms. The van der Waals surface area contributed by atoms with Gasteiger partial charge in [-0.1, -0.05) is 0 Å². The van der Waals surface area contributed by atoms with E-state index in [0.29, 0.717) is 24.2 Å². The van der Waals surface area contributed by atoms with Gasteiger partial charge in [0.2, 0.25) is 11.9 Å². The highest BCUT2D eigenvalue weighted by Crippen LogP contribution is 2.52. The van der Waals surface area contributed by atoms with Crippen LogP contribution < -0.4 is 4.90 Å². The van der Waals surface area contributed by atoms with Gasteiger partial charge in [-0.15, -0.1) is 0 Å². The van der Waals surface area contributed by atoms with E-state index in [2.05, 4.69) is 31.9 Å². The molecule has 1 amide bonds. The van der Waals surface area contributed by atoms with Crippen molar-refractivity contribution in [1.82, 2.24) is 9.88 Å². The van der Waals surface area contributed by atoms with Crippen molar-refractivity contribution in [2.24, 2.45) is 11.8 Å². The van der Waals surface area contributed by atoms with Gasteiger partial charge in [-0.2, -0.15) is 9.65 Å². The van der Waals surface area contributed by atoms with E-state index in [-0.39, 0.29) is 16.4 Å². The number of hydrogen-bond acceptors (Lipinski definition) is 4. The van der Waals surface area contributed by atoms with Gasteiger partial charge in [0.05, 0.1) is 27.3 Å². The predicted octanol–water partition coefficient (Wildman–Crippen LogP) is 3.37. The van der Waals surface area contributed by atoms with Crippen LogP contribution in [0.1, 0.15) is 45.2 Å². The van der Waals surface area contributed by atoms with Gasteiger partial charge >= 0.3 is 0 Å². The Hall–Kier alpha value is -1.52. The number of aromatic nitrogens is 1. The Morgan fingerprint density at radius 1 is 1.37 bits per heavy atom. The first-order chi connectivity index (χ1) is 12.8. The molecule has 0 spiro atoms. The van der Waals surface area contributed by atoms with Gasteiger partial charge in [0.15, 0.2) is 0 Å². The maximum Gasteiger partial charge on any atom is 0.239 e. The maximum absolute atomic E-state index is 14.0. The fourth-order valence-corrected chi connectivity index (χ4v) is 5.58. The second-order valence-electron chi connectivity index (χ2n) is 9.12. The smallest absolute Gasteiger partial charge is 0.239 e. The third-order valence-corrected chi connectivity index (χ3v) is 7.69. The van der Waals surface area contributed by atoms with Crippen molar-refractivity contribution >= 4 is 27.5 Å². The van der Waals surface area contributed by atoms with Crippen LogP contribution in [-0.4, -0.2) is 40.5 Å². The number of halogens is 2. The van der Waals surface area contributed by atoms with E-state index in [4.69, 9.17) is 0 Å². The van der Waals surface area contributed by atoms with Gasteiger partial charge in [0.25, 0.3) is 0 Å². The van der Waals surface area contributed by atoms with Crippen LogP contribution in [0, 0.1) is 29.1 Å². The highest BCUT2D eigenvalue weighted by molar-refractivity contribution is 9.10. The number of likely N-dealkylation sites (tertiary alicyclic amines) is 1. The molecule has 2 atom stereocenters. The number of hydrogen-bond donors (Lipinski definition) is 0. The lowest BCUT2D eigenvalue weighted by atomic mass is 9.70. The molecule has 1 unspecified atom stereocenters. The summed E-state index contributed by atoms with van der Waals surface area (Å²) in [5.74, 6) is 0.988. The Morgan fingerprint density at radius 3 is 2.78 bits per heavy atom. The van der Waals surface area contributed by atoms with E-state index >= 15 is 0 Å². The van der Waals surface area contributed by atoms with Gasteiger partial charge in [-0.3, -0.25) is 9.69 Å². The van der Waals surface area contributed by atoms with Crippen LogP contribution in [0.3, 0.4) is 0 Å². The highest BCUT2D eigenvalue weighted by atomic mass is 79.9. The van der Waals surface area contributed by atoms with Crippen molar-refractivity contribution in [3.8, 4) is 6.07 Å². The minimum atomic E-state index is -0.853. The van der Waals surface area contributed by atoms with Crippen LogP contribution >= 0.6 is 15.9 Å². The standard InChI is InChI=1S/C20H22BrFN4O/c1-19(2)16-15(6-14(21)17(22)24-16)26(18(19)27)13-7-20(8-13,10-23)25-4-3-11-5-12(11)9-25/h6,11-13H,3-5,7-9H2,1-2H3/t11?,12-,13?,20?/m1/s1. The minimum Gasteiger partial charge on any atom is -0.306 e. The number of rotatable bonds is 2. The van der Waals surface area contributed by atoms with Gasteiger partial charge in [0.1, 0.15) is 5.54 Å². The molecule has 0 N–H and O–H groups in total. The molecule has 0 aromatic carbocycles. The number of anilines is 1. The largest absolute Gasteiger partial charge is 0.306 e. The van der Waals surface area contributed by atoms with Crippen molar-refractivity contribution in [2.75, 3.05) is 18.0 Å². The molecule has 3 heterocycles. The molecule has 1 aromatic rings. The van der Waals surface area contributed by atoms with E-state index in [1.54, 1.807) is 24.8 Å². The lowest BCUT2D eigenvalue weighted by Gasteiger charge is -2.53. The van der Waals surface area contributed by atoms with E-state index in [0.717, 1.165) is 24.9 Å². The Balaban J connectivity index is 1.43. The van der Waals surface area contributed by atoms with Crippen LogP contribution in [0.15, 0.2) is 10.5 Å². The summed E-state index contributed by atoms with van der Waals surface area (Å²) in [5.41, 5.74) is -0.151. The normalized spacial score (nSPS) is 36.6. The zero-order chi connectivity index (χ0) is 19.1. The number of carbonyl (C=O) groups is 1. The highest BCUT2D eigenvalue weighted by Gasteiger charge is 2.58. The molecule has 1 aromatic heterocycles. The summed E-state index contributed by atoms with van der Waals surface area (Å²) in [6.45, 7) is 5.58. The van der Waals surface area contributed by atoms with Crippen LogP contribution in [0.2, 0.25) is 0 Å². The number of nitrogens with zero attached hydrogens (tertiary/aromatic N) is 4. The molecule has 0 radical (unpaired) electrons. The summed E-state index contributed by atoms with van der Waals surface area (Å²) in [7, 11) is 0. The number of fused-ring (bicyclic) bond motifs is 2. The van der Waals surface area contributed by atoms with Crippen LogP contribution in [0.25, 0.3) is 0 Å².